The summed E-state index contributed by atoms with van der Waals surface area (Å²) in [6.45, 7) is 5.13. The number of aromatic nitrogens is 5. The van der Waals surface area contributed by atoms with Crippen LogP contribution < -0.4 is 10.3 Å². The Morgan fingerprint density at radius 3 is 2.50 bits per heavy atom. The van der Waals surface area contributed by atoms with Crippen molar-refractivity contribution in [1.29, 1.82) is 0 Å². The number of likely N-dealkylation sites (tertiary alicyclic amines) is 1. The van der Waals surface area contributed by atoms with Crippen LogP contribution in [-0.2, 0) is 11.3 Å². The second-order valence-corrected chi connectivity index (χ2v) is 11.7. The van der Waals surface area contributed by atoms with Gasteiger partial charge in [0.25, 0.3) is 11.4 Å². The van der Waals surface area contributed by atoms with Crippen molar-refractivity contribution in [1.82, 2.24) is 29.8 Å². The third-order valence-electron chi connectivity index (χ3n) is 8.16. The molecule has 44 heavy (non-hydrogen) atoms. The molecule has 0 radical (unpaired) electrons. The Morgan fingerprint density at radius 1 is 0.955 bits per heavy atom. The van der Waals surface area contributed by atoms with Gasteiger partial charge in [-0.05, 0) is 73.4 Å². The molecule has 10 nitrogen and oxygen atoms in total. The molecule has 222 valence electrons. The highest BCUT2D eigenvalue weighted by molar-refractivity contribution is 5.80. The molecular weight excluding hydrogens is 556 g/mol. The van der Waals surface area contributed by atoms with Crippen molar-refractivity contribution in [3.63, 3.8) is 0 Å². The first-order chi connectivity index (χ1) is 21.4. The van der Waals surface area contributed by atoms with Gasteiger partial charge in [-0.3, -0.25) is 9.59 Å². The van der Waals surface area contributed by atoms with E-state index >= 15 is 0 Å². The van der Waals surface area contributed by atoms with Gasteiger partial charge >= 0.3 is 0 Å². The van der Waals surface area contributed by atoms with Crippen molar-refractivity contribution in [2.45, 2.75) is 57.5 Å². The molecule has 1 aliphatic heterocycles. The normalized spacial score (nSPS) is 16.6. The highest BCUT2D eigenvalue weighted by Crippen LogP contribution is 2.37. The van der Waals surface area contributed by atoms with Gasteiger partial charge in [0.1, 0.15) is 11.5 Å². The Morgan fingerprint density at radius 2 is 1.77 bits per heavy atom. The molecule has 2 aliphatic rings. The summed E-state index contributed by atoms with van der Waals surface area (Å²) in [5, 5.41) is 12.9. The van der Waals surface area contributed by atoms with Crippen LogP contribution in [0, 0.1) is 0 Å². The third kappa shape index (κ3) is 5.75. The average Bonchev–Trinajstić information content (AvgIpc) is 3.62. The molecule has 7 rings (SSSR count). The van der Waals surface area contributed by atoms with Gasteiger partial charge in [0.15, 0.2) is 5.82 Å². The van der Waals surface area contributed by atoms with E-state index in [1.807, 2.05) is 65.6 Å². The van der Waals surface area contributed by atoms with E-state index in [0.717, 1.165) is 35.4 Å². The summed E-state index contributed by atoms with van der Waals surface area (Å²) in [6.07, 6.45) is 4.29. The summed E-state index contributed by atoms with van der Waals surface area (Å²) in [4.78, 5) is 31.6. The van der Waals surface area contributed by atoms with Crippen molar-refractivity contribution in [2.24, 2.45) is 0 Å². The topological polar surface area (TPSA) is 116 Å². The van der Waals surface area contributed by atoms with Crippen LogP contribution in [0.15, 0.2) is 88.3 Å². The first-order valence-corrected chi connectivity index (χ1v) is 14.9. The van der Waals surface area contributed by atoms with Gasteiger partial charge in [-0.15, -0.1) is 0 Å². The second kappa shape index (κ2) is 11.5. The number of pyridine rings is 1. The summed E-state index contributed by atoms with van der Waals surface area (Å²) < 4.78 is 13.7. The van der Waals surface area contributed by atoms with Crippen molar-refractivity contribution < 1.29 is 14.1 Å². The van der Waals surface area contributed by atoms with E-state index in [1.165, 1.54) is 6.07 Å². The molecule has 4 heterocycles. The van der Waals surface area contributed by atoms with Crippen molar-refractivity contribution in [3.8, 4) is 34.2 Å². The lowest BCUT2D eigenvalue weighted by molar-refractivity contribution is -0.128. The number of benzene rings is 2. The van der Waals surface area contributed by atoms with E-state index in [9.17, 15) is 9.59 Å². The fourth-order valence-corrected chi connectivity index (χ4v) is 5.47. The maximum absolute atomic E-state index is 12.5. The molecule has 1 saturated heterocycles. The molecule has 10 heteroatoms. The quantitative estimate of drug-likeness (QED) is 0.212. The van der Waals surface area contributed by atoms with Crippen LogP contribution in [-0.4, -0.2) is 48.3 Å². The Hall–Kier alpha value is -5.12. The van der Waals surface area contributed by atoms with E-state index in [0.29, 0.717) is 60.2 Å². The van der Waals surface area contributed by atoms with Crippen LogP contribution in [0.1, 0.15) is 62.0 Å². The monoisotopic (exact) mass is 588 g/mol. The maximum atomic E-state index is 12.5. The van der Waals surface area contributed by atoms with Crippen LogP contribution in [0.3, 0.4) is 0 Å². The predicted molar refractivity (Wildman–Crippen MR) is 163 cm³/mol. The summed E-state index contributed by atoms with van der Waals surface area (Å²) >= 11 is 0. The largest absolute Gasteiger partial charge is 0.457 e. The number of hydrogen-bond donors (Lipinski definition) is 0. The van der Waals surface area contributed by atoms with Crippen LogP contribution in [0.25, 0.3) is 22.7 Å². The van der Waals surface area contributed by atoms with E-state index in [2.05, 4.69) is 34.2 Å². The number of ether oxygens (including phenoxy) is 1. The smallest absolute Gasteiger partial charge is 0.258 e. The fourth-order valence-electron chi connectivity index (χ4n) is 5.47. The molecule has 0 bridgehead atoms. The van der Waals surface area contributed by atoms with Crippen LogP contribution in [0.4, 0.5) is 0 Å². The first kappa shape index (κ1) is 27.7. The predicted octanol–water partition coefficient (Wildman–Crippen LogP) is 5.80. The molecule has 1 unspecified atom stereocenters. The summed E-state index contributed by atoms with van der Waals surface area (Å²) in [5.74, 6) is 2.46. The van der Waals surface area contributed by atoms with Crippen molar-refractivity contribution >= 4 is 5.91 Å². The minimum atomic E-state index is -0.107. The highest BCUT2D eigenvalue weighted by atomic mass is 16.5. The lowest BCUT2D eigenvalue weighted by Gasteiger charge is -2.14. The van der Waals surface area contributed by atoms with Gasteiger partial charge in [0.2, 0.25) is 5.91 Å². The molecule has 1 amide bonds. The number of carbonyl (C=O) groups excluding carboxylic acids is 1. The number of rotatable bonds is 9. The Kier molecular flexibility index (Phi) is 7.25. The Bertz CT molecular complexity index is 1860. The van der Waals surface area contributed by atoms with Crippen molar-refractivity contribution in [2.75, 3.05) is 6.54 Å². The molecule has 1 saturated carbocycles. The van der Waals surface area contributed by atoms with Gasteiger partial charge in [0, 0.05) is 53.9 Å². The van der Waals surface area contributed by atoms with Crippen molar-refractivity contribution in [3.05, 3.63) is 106 Å². The molecule has 2 aromatic carbocycles. The third-order valence-corrected chi connectivity index (χ3v) is 8.16. The van der Waals surface area contributed by atoms with E-state index < -0.39 is 0 Å². The van der Waals surface area contributed by atoms with Gasteiger partial charge in [-0.25, -0.2) is 0 Å². The second-order valence-electron chi connectivity index (χ2n) is 11.7. The molecule has 5 aromatic rings. The van der Waals surface area contributed by atoms with E-state index in [4.69, 9.17) is 9.26 Å². The Labute approximate surface area is 254 Å². The molecule has 2 fully saturated rings. The number of amides is 1. The standard InChI is InChI=1S/C34H32N6O4/c1-21(2)28-14-15-29(37-36-28)22-8-12-27(13-9-22)43-30-17-23(6-7-24(30)19-39-16-4-3-5-31(39)41)34-35-33(38-44-34)25-18-32(42)40(20-25)26-10-11-26/h3-9,12-17,21,25-26H,10-11,18-20H2,1-2H3. The SMILES string of the molecule is CC(C)c1ccc(-c2ccc(Oc3cc(-c4nc(C5CC(=O)N(C6CC6)C5)no4)ccc3Cn3ccccc3=O)cc2)nn1. The molecule has 1 atom stereocenters. The van der Waals surface area contributed by atoms with E-state index in [-0.39, 0.29) is 17.4 Å². The summed E-state index contributed by atoms with van der Waals surface area (Å²) in [6, 6.07) is 22.7. The zero-order valence-corrected chi connectivity index (χ0v) is 24.6. The van der Waals surface area contributed by atoms with Gasteiger partial charge in [-0.1, -0.05) is 31.1 Å². The molecule has 1 aliphatic carbocycles. The number of nitrogens with zero attached hydrogens (tertiary/aromatic N) is 6. The minimum absolute atomic E-state index is 0.0784. The number of hydrogen-bond acceptors (Lipinski definition) is 8. The number of carbonyl (C=O) groups is 1. The zero-order valence-electron chi connectivity index (χ0n) is 24.6. The van der Waals surface area contributed by atoms with Crippen LogP contribution >= 0.6 is 0 Å². The molecular formula is C34H32N6O4. The van der Waals surface area contributed by atoms with Gasteiger partial charge in [0.05, 0.1) is 17.9 Å². The van der Waals surface area contributed by atoms with Gasteiger partial charge < -0.3 is 18.7 Å². The minimum Gasteiger partial charge on any atom is -0.457 e. The fraction of sp³-hybridized carbons (Fsp3) is 0.294. The summed E-state index contributed by atoms with van der Waals surface area (Å²) in [7, 11) is 0. The summed E-state index contributed by atoms with van der Waals surface area (Å²) in [5.41, 5.74) is 4.04. The lowest BCUT2D eigenvalue weighted by atomic mass is 10.1. The van der Waals surface area contributed by atoms with E-state index in [1.54, 1.807) is 16.8 Å². The maximum Gasteiger partial charge on any atom is 0.258 e. The molecule has 0 N–H and O–H groups in total. The van der Waals surface area contributed by atoms with Crippen LogP contribution in [0.5, 0.6) is 11.5 Å². The molecule has 3 aromatic heterocycles. The Balaban J connectivity index is 1.16. The average molecular weight is 589 g/mol. The molecule has 0 spiro atoms. The lowest BCUT2D eigenvalue weighted by Crippen LogP contribution is -2.27. The first-order valence-electron chi connectivity index (χ1n) is 14.9. The highest BCUT2D eigenvalue weighted by Gasteiger charge is 2.41. The van der Waals surface area contributed by atoms with Crippen LogP contribution in [0.2, 0.25) is 0 Å². The van der Waals surface area contributed by atoms with Gasteiger partial charge in [-0.2, -0.15) is 15.2 Å². The zero-order chi connectivity index (χ0) is 30.2.